The fourth-order valence-corrected chi connectivity index (χ4v) is 6.42. The normalized spacial score (nSPS) is 19.3. The van der Waals surface area contributed by atoms with Gasteiger partial charge in [0.25, 0.3) is 0 Å². The largest absolute Gasteiger partial charge is 0.493 e. The van der Waals surface area contributed by atoms with E-state index in [2.05, 4.69) is 4.90 Å². The third kappa shape index (κ3) is 6.02. The number of hydrogen-bond acceptors (Lipinski definition) is 5. The van der Waals surface area contributed by atoms with Crippen LogP contribution in [0, 0.1) is 18.2 Å². The SMILES string of the molecule is Cc1cc(OCC2(CC(=O)N3CCN(C)CC3)CCN(S(=O)(=O)c3ccccc3F)CC2)ccc1Cl. The number of hydrogen-bond donors (Lipinski definition) is 0. The number of amides is 1. The van der Waals surface area contributed by atoms with Crippen LogP contribution in [0.15, 0.2) is 47.4 Å². The number of nitrogens with zero attached hydrogens (tertiary/aromatic N) is 3. The van der Waals surface area contributed by atoms with Gasteiger partial charge in [-0.2, -0.15) is 4.31 Å². The third-order valence-corrected chi connectivity index (χ3v) is 9.65. The second-order valence-corrected chi connectivity index (χ2v) is 12.2. The van der Waals surface area contributed by atoms with Crippen LogP contribution >= 0.6 is 11.6 Å². The average Bonchev–Trinajstić information content (AvgIpc) is 2.85. The molecule has 4 rings (SSSR count). The van der Waals surface area contributed by atoms with Crippen LogP contribution in [-0.2, 0) is 14.8 Å². The molecule has 196 valence electrons. The highest BCUT2D eigenvalue weighted by atomic mass is 35.5. The molecule has 0 radical (unpaired) electrons. The van der Waals surface area contributed by atoms with Crippen molar-refractivity contribution in [1.29, 1.82) is 0 Å². The summed E-state index contributed by atoms with van der Waals surface area (Å²) in [5, 5.41) is 0.647. The summed E-state index contributed by atoms with van der Waals surface area (Å²) in [6.45, 7) is 5.56. The summed E-state index contributed by atoms with van der Waals surface area (Å²) in [6, 6.07) is 10.8. The molecule has 1 amide bonds. The molecule has 2 aliphatic heterocycles. The first-order valence-electron chi connectivity index (χ1n) is 12.2. The Morgan fingerprint density at radius 1 is 1.06 bits per heavy atom. The van der Waals surface area contributed by atoms with Crippen LogP contribution in [0.4, 0.5) is 4.39 Å². The molecule has 2 saturated heterocycles. The summed E-state index contributed by atoms with van der Waals surface area (Å²) in [5.41, 5.74) is 0.359. The number of benzene rings is 2. The molecule has 2 fully saturated rings. The number of carbonyl (C=O) groups excluding carboxylic acids is 1. The first-order chi connectivity index (χ1) is 17.1. The summed E-state index contributed by atoms with van der Waals surface area (Å²) in [6.07, 6.45) is 1.15. The molecule has 0 saturated carbocycles. The number of rotatable bonds is 7. The van der Waals surface area contributed by atoms with Gasteiger partial charge in [0, 0.05) is 56.1 Å². The number of ether oxygens (including phenoxy) is 1. The number of aryl methyl sites for hydroxylation is 1. The fraction of sp³-hybridized carbons (Fsp3) is 0.500. The molecule has 36 heavy (non-hydrogen) atoms. The first-order valence-corrected chi connectivity index (χ1v) is 14.0. The van der Waals surface area contributed by atoms with Gasteiger partial charge in [-0.15, -0.1) is 0 Å². The van der Waals surface area contributed by atoms with Crippen LogP contribution in [0.3, 0.4) is 0 Å². The molecule has 2 heterocycles. The molecule has 0 spiro atoms. The molecule has 0 aromatic heterocycles. The van der Waals surface area contributed by atoms with Crippen molar-refractivity contribution in [3.8, 4) is 5.75 Å². The lowest BCUT2D eigenvalue weighted by Crippen LogP contribution is -2.51. The molecule has 0 aliphatic carbocycles. The van der Waals surface area contributed by atoms with Crippen molar-refractivity contribution in [1.82, 2.24) is 14.1 Å². The molecule has 0 atom stereocenters. The maximum atomic E-state index is 14.3. The van der Waals surface area contributed by atoms with Crippen LogP contribution in [0.25, 0.3) is 0 Å². The average molecular weight is 538 g/mol. The zero-order valence-corrected chi connectivity index (χ0v) is 22.3. The molecule has 2 aliphatic rings. The van der Waals surface area contributed by atoms with Crippen molar-refractivity contribution in [3.05, 3.63) is 58.9 Å². The number of carbonyl (C=O) groups is 1. The highest BCUT2D eigenvalue weighted by Crippen LogP contribution is 2.38. The number of piperidine rings is 1. The third-order valence-electron chi connectivity index (χ3n) is 7.29. The van der Waals surface area contributed by atoms with E-state index < -0.39 is 21.3 Å². The molecule has 2 aromatic carbocycles. The molecular weight excluding hydrogens is 505 g/mol. The van der Waals surface area contributed by atoms with Gasteiger partial charge < -0.3 is 14.5 Å². The van der Waals surface area contributed by atoms with E-state index in [1.165, 1.54) is 22.5 Å². The van der Waals surface area contributed by atoms with Crippen LogP contribution in [0.1, 0.15) is 24.8 Å². The Morgan fingerprint density at radius 3 is 2.36 bits per heavy atom. The minimum Gasteiger partial charge on any atom is -0.493 e. The summed E-state index contributed by atoms with van der Waals surface area (Å²) in [5.74, 6) is -0.0462. The summed E-state index contributed by atoms with van der Waals surface area (Å²) < 4.78 is 48.0. The van der Waals surface area contributed by atoms with Crippen LogP contribution in [0.2, 0.25) is 5.02 Å². The maximum absolute atomic E-state index is 14.3. The van der Waals surface area contributed by atoms with Gasteiger partial charge in [-0.3, -0.25) is 4.79 Å². The lowest BCUT2D eigenvalue weighted by Gasteiger charge is -2.42. The van der Waals surface area contributed by atoms with Gasteiger partial charge >= 0.3 is 0 Å². The van der Waals surface area contributed by atoms with E-state index in [-0.39, 0.29) is 36.9 Å². The minimum atomic E-state index is -3.97. The summed E-state index contributed by atoms with van der Waals surface area (Å²) >= 11 is 6.14. The Balaban J connectivity index is 1.50. The highest BCUT2D eigenvalue weighted by Gasteiger charge is 2.42. The molecule has 0 unspecified atom stereocenters. The van der Waals surface area contributed by atoms with Crippen molar-refractivity contribution in [3.63, 3.8) is 0 Å². The highest BCUT2D eigenvalue weighted by molar-refractivity contribution is 7.89. The molecule has 2 aromatic rings. The van der Waals surface area contributed by atoms with Crippen molar-refractivity contribution in [2.45, 2.75) is 31.1 Å². The van der Waals surface area contributed by atoms with Gasteiger partial charge in [0.1, 0.15) is 16.5 Å². The van der Waals surface area contributed by atoms with E-state index in [1.54, 1.807) is 12.1 Å². The van der Waals surface area contributed by atoms with Crippen molar-refractivity contribution < 1.29 is 22.3 Å². The second kappa shape index (κ2) is 11.0. The van der Waals surface area contributed by atoms with Gasteiger partial charge in [0.2, 0.25) is 15.9 Å². The van der Waals surface area contributed by atoms with E-state index in [4.69, 9.17) is 16.3 Å². The van der Waals surface area contributed by atoms with E-state index >= 15 is 0 Å². The van der Waals surface area contributed by atoms with E-state index in [0.717, 1.165) is 24.7 Å². The lowest BCUT2D eigenvalue weighted by molar-refractivity contribution is -0.136. The number of sulfonamides is 1. The standard InChI is InChI=1S/C26H33ClFN3O4S/c1-20-17-21(7-8-22(20)27)35-19-26(18-25(32)30-15-13-29(2)14-16-30)9-11-31(12-10-26)36(33,34)24-6-4-3-5-23(24)28/h3-8,17H,9-16,18-19H2,1-2H3. The predicted molar refractivity (Wildman–Crippen MR) is 137 cm³/mol. The van der Waals surface area contributed by atoms with Gasteiger partial charge in [-0.1, -0.05) is 23.7 Å². The molecular formula is C26H33ClFN3O4S. The maximum Gasteiger partial charge on any atom is 0.245 e. The van der Waals surface area contributed by atoms with Crippen LogP contribution < -0.4 is 4.74 Å². The van der Waals surface area contributed by atoms with Gasteiger partial charge in [0.15, 0.2) is 0 Å². The summed E-state index contributed by atoms with van der Waals surface area (Å²) in [7, 11) is -1.93. The second-order valence-electron chi connectivity index (χ2n) is 9.90. The predicted octanol–water partition coefficient (Wildman–Crippen LogP) is 3.80. The Bertz CT molecular complexity index is 1190. The Kier molecular flexibility index (Phi) is 8.24. The number of halogens is 2. The molecule has 10 heteroatoms. The van der Waals surface area contributed by atoms with Crippen molar-refractivity contribution in [2.75, 3.05) is 52.9 Å². The first kappa shape index (κ1) is 26.9. The van der Waals surface area contributed by atoms with Gasteiger partial charge in [-0.25, -0.2) is 12.8 Å². The molecule has 0 N–H and O–H groups in total. The van der Waals surface area contributed by atoms with Gasteiger partial charge in [-0.05, 0) is 62.7 Å². The van der Waals surface area contributed by atoms with Crippen molar-refractivity contribution in [2.24, 2.45) is 5.41 Å². The fourth-order valence-electron chi connectivity index (χ4n) is 4.80. The number of likely N-dealkylation sites (N-methyl/N-ethyl adjacent to an activating group) is 1. The monoisotopic (exact) mass is 537 g/mol. The Hall–Kier alpha value is -2.20. The van der Waals surface area contributed by atoms with E-state index in [0.29, 0.717) is 36.7 Å². The smallest absolute Gasteiger partial charge is 0.245 e. The molecule has 7 nitrogen and oxygen atoms in total. The molecule has 0 bridgehead atoms. The van der Waals surface area contributed by atoms with Crippen LogP contribution in [0.5, 0.6) is 5.75 Å². The zero-order chi connectivity index (χ0) is 25.9. The topological polar surface area (TPSA) is 70.2 Å². The van der Waals surface area contributed by atoms with Crippen molar-refractivity contribution >= 4 is 27.5 Å². The Labute approximate surface area is 217 Å². The number of piperazine rings is 1. The van der Waals surface area contributed by atoms with Crippen LogP contribution in [-0.4, -0.2) is 81.4 Å². The summed E-state index contributed by atoms with van der Waals surface area (Å²) in [4.78, 5) is 17.0. The Morgan fingerprint density at radius 2 is 1.72 bits per heavy atom. The van der Waals surface area contributed by atoms with Gasteiger partial charge in [0.05, 0.1) is 6.61 Å². The van der Waals surface area contributed by atoms with E-state index in [9.17, 15) is 17.6 Å². The lowest BCUT2D eigenvalue weighted by atomic mass is 9.76. The quantitative estimate of drug-likeness (QED) is 0.537. The van der Waals surface area contributed by atoms with E-state index in [1.807, 2.05) is 24.9 Å². The zero-order valence-electron chi connectivity index (χ0n) is 20.8. The minimum absolute atomic E-state index is 0.0596.